The molecular formula is C20H18N2O4. The number of carbonyl (C=O) groups excluding carboxylic acids is 1. The molecule has 0 aliphatic rings. The van der Waals surface area contributed by atoms with Crippen molar-refractivity contribution in [2.45, 2.75) is 6.92 Å². The number of carbonyl (C=O) groups is 1. The highest BCUT2D eigenvalue weighted by Gasteiger charge is 2.06. The third kappa shape index (κ3) is 4.16. The smallest absolute Gasteiger partial charge is 0.344 e. The lowest BCUT2D eigenvalue weighted by molar-refractivity contribution is -0.145. The summed E-state index contributed by atoms with van der Waals surface area (Å²) in [5.41, 5.74) is 1.02. The van der Waals surface area contributed by atoms with Gasteiger partial charge in [-0.15, -0.1) is 5.11 Å². The van der Waals surface area contributed by atoms with Crippen LogP contribution in [0.25, 0.3) is 10.8 Å². The van der Waals surface area contributed by atoms with Crippen molar-refractivity contribution in [2.24, 2.45) is 10.2 Å². The number of aromatic hydroxyl groups is 1. The van der Waals surface area contributed by atoms with Gasteiger partial charge in [0, 0.05) is 5.39 Å². The summed E-state index contributed by atoms with van der Waals surface area (Å²) >= 11 is 0. The fraction of sp³-hybridized carbons (Fsp3) is 0.150. The first-order valence-electron chi connectivity index (χ1n) is 8.18. The Morgan fingerprint density at radius 1 is 1.00 bits per heavy atom. The highest BCUT2D eigenvalue weighted by atomic mass is 16.6. The predicted molar refractivity (Wildman–Crippen MR) is 98.4 cm³/mol. The molecule has 6 nitrogen and oxygen atoms in total. The molecule has 0 unspecified atom stereocenters. The highest BCUT2D eigenvalue weighted by Crippen LogP contribution is 2.36. The molecule has 26 heavy (non-hydrogen) atoms. The number of hydrogen-bond donors (Lipinski definition) is 1. The first-order chi connectivity index (χ1) is 12.7. The van der Waals surface area contributed by atoms with Crippen LogP contribution in [0.3, 0.4) is 0 Å². The maximum Gasteiger partial charge on any atom is 0.344 e. The molecule has 0 spiro atoms. The van der Waals surface area contributed by atoms with Crippen LogP contribution in [-0.4, -0.2) is 24.3 Å². The molecule has 0 heterocycles. The van der Waals surface area contributed by atoms with Crippen LogP contribution in [0.2, 0.25) is 0 Å². The van der Waals surface area contributed by atoms with Crippen molar-refractivity contribution >= 4 is 28.1 Å². The molecule has 0 aromatic heterocycles. The number of azo groups is 1. The van der Waals surface area contributed by atoms with E-state index in [0.717, 1.165) is 10.8 Å². The van der Waals surface area contributed by atoms with Crippen LogP contribution in [0.4, 0.5) is 11.4 Å². The van der Waals surface area contributed by atoms with Crippen LogP contribution in [-0.2, 0) is 9.53 Å². The van der Waals surface area contributed by atoms with Crippen LogP contribution in [0.1, 0.15) is 6.92 Å². The third-order valence-electron chi connectivity index (χ3n) is 3.64. The molecule has 0 radical (unpaired) electrons. The van der Waals surface area contributed by atoms with E-state index >= 15 is 0 Å². The maximum atomic E-state index is 11.3. The fourth-order valence-electron chi connectivity index (χ4n) is 2.41. The Bertz CT molecular complexity index is 936. The summed E-state index contributed by atoms with van der Waals surface area (Å²) in [7, 11) is 0. The fourth-order valence-corrected chi connectivity index (χ4v) is 2.41. The predicted octanol–water partition coefficient (Wildman–Crippen LogP) is 4.90. The Kier molecular flexibility index (Phi) is 5.43. The van der Waals surface area contributed by atoms with Crippen molar-refractivity contribution in [3.63, 3.8) is 0 Å². The van der Waals surface area contributed by atoms with E-state index in [1.165, 1.54) is 0 Å². The van der Waals surface area contributed by atoms with E-state index in [1.807, 2.05) is 30.3 Å². The van der Waals surface area contributed by atoms with Gasteiger partial charge in [-0.3, -0.25) is 0 Å². The monoisotopic (exact) mass is 350 g/mol. The number of phenolic OH excluding ortho intramolecular Hbond substituents is 1. The van der Waals surface area contributed by atoms with E-state index in [4.69, 9.17) is 9.47 Å². The Labute approximate surface area is 150 Å². The number of nitrogens with zero attached hydrogens (tertiary/aromatic N) is 2. The summed E-state index contributed by atoms with van der Waals surface area (Å²) in [4.78, 5) is 11.3. The minimum Gasteiger partial charge on any atom is -0.506 e. The van der Waals surface area contributed by atoms with Crippen molar-refractivity contribution in [2.75, 3.05) is 13.2 Å². The molecule has 3 aromatic rings. The molecule has 6 heteroatoms. The van der Waals surface area contributed by atoms with E-state index < -0.39 is 5.97 Å². The van der Waals surface area contributed by atoms with Crippen molar-refractivity contribution < 1.29 is 19.4 Å². The van der Waals surface area contributed by atoms with E-state index in [9.17, 15) is 9.90 Å². The van der Waals surface area contributed by atoms with Crippen LogP contribution in [0, 0.1) is 0 Å². The van der Waals surface area contributed by atoms with Gasteiger partial charge in [0.15, 0.2) is 6.61 Å². The molecule has 3 aromatic carbocycles. The van der Waals surface area contributed by atoms with Crippen LogP contribution < -0.4 is 4.74 Å². The molecule has 0 saturated heterocycles. The highest BCUT2D eigenvalue weighted by molar-refractivity contribution is 5.95. The number of benzene rings is 3. The number of fused-ring (bicyclic) bond motifs is 1. The molecule has 1 N–H and O–H groups in total. The van der Waals surface area contributed by atoms with Gasteiger partial charge in [0.2, 0.25) is 0 Å². The SMILES string of the molecule is CCOC(=O)COc1ccc(N=Nc2c(O)ccc3ccccc23)cc1. The lowest BCUT2D eigenvalue weighted by Gasteiger charge is -2.06. The van der Waals surface area contributed by atoms with E-state index in [2.05, 4.69) is 10.2 Å². The normalized spacial score (nSPS) is 11.0. The van der Waals surface area contributed by atoms with Gasteiger partial charge >= 0.3 is 5.97 Å². The second-order valence-electron chi connectivity index (χ2n) is 5.44. The largest absolute Gasteiger partial charge is 0.506 e. The zero-order valence-corrected chi connectivity index (χ0v) is 14.3. The molecule has 0 saturated carbocycles. The number of hydrogen-bond acceptors (Lipinski definition) is 6. The van der Waals surface area contributed by atoms with Crippen molar-refractivity contribution in [3.8, 4) is 11.5 Å². The quantitative estimate of drug-likeness (QED) is 0.506. The molecule has 0 aliphatic heterocycles. The Hall–Kier alpha value is -3.41. The van der Waals surface area contributed by atoms with Gasteiger partial charge in [-0.1, -0.05) is 30.3 Å². The summed E-state index contributed by atoms with van der Waals surface area (Å²) < 4.78 is 10.1. The van der Waals surface area contributed by atoms with Crippen LogP contribution >= 0.6 is 0 Å². The van der Waals surface area contributed by atoms with Gasteiger partial charge in [0.1, 0.15) is 17.2 Å². The minimum absolute atomic E-state index is 0.0711. The van der Waals surface area contributed by atoms with Gasteiger partial charge in [0.25, 0.3) is 0 Å². The summed E-state index contributed by atoms with van der Waals surface area (Å²) in [5.74, 6) is 0.189. The summed E-state index contributed by atoms with van der Waals surface area (Å²) in [6.45, 7) is 1.92. The van der Waals surface area contributed by atoms with Crippen molar-refractivity contribution in [1.82, 2.24) is 0 Å². The average Bonchev–Trinajstić information content (AvgIpc) is 2.67. The second kappa shape index (κ2) is 8.11. The standard InChI is InChI=1S/C20H18N2O4/c1-2-25-19(24)13-26-16-10-8-15(9-11-16)21-22-20-17-6-4-3-5-14(17)7-12-18(20)23/h3-12,23H,2,13H2,1H3. The zero-order valence-electron chi connectivity index (χ0n) is 14.3. The minimum atomic E-state index is -0.414. The first kappa shape index (κ1) is 17.4. The Balaban J connectivity index is 1.73. The lowest BCUT2D eigenvalue weighted by atomic mass is 10.1. The second-order valence-corrected chi connectivity index (χ2v) is 5.44. The number of rotatable bonds is 6. The summed E-state index contributed by atoms with van der Waals surface area (Å²) in [6.07, 6.45) is 0. The molecule has 132 valence electrons. The topological polar surface area (TPSA) is 80.5 Å². The molecule has 0 atom stereocenters. The van der Waals surface area contributed by atoms with Crippen LogP contribution in [0.15, 0.2) is 70.9 Å². The van der Waals surface area contributed by atoms with Gasteiger partial charge in [0.05, 0.1) is 12.3 Å². The van der Waals surface area contributed by atoms with Crippen molar-refractivity contribution in [3.05, 3.63) is 60.7 Å². The van der Waals surface area contributed by atoms with Crippen molar-refractivity contribution in [1.29, 1.82) is 0 Å². The number of phenols is 1. The van der Waals surface area contributed by atoms with E-state index in [0.29, 0.717) is 23.7 Å². The maximum absolute atomic E-state index is 11.3. The molecule has 0 bridgehead atoms. The van der Waals surface area contributed by atoms with E-state index in [1.54, 1.807) is 37.3 Å². The summed E-state index contributed by atoms with van der Waals surface area (Å²) in [6, 6.07) is 17.9. The first-order valence-corrected chi connectivity index (χ1v) is 8.18. The molecular weight excluding hydrogens is 332 g/mol. The van der Waals surface area contributed by atoms with Gasteiger partial charge in [-0.05, 0) is 42.6 Å². The molecule has 0 aliphatic carbocycles. The van der Waals surface area contributed by atoms with Gasteiger partial charge in [-0.2, -0.15) is 5.11 Å². The molecule has 0 amide bonds. The van der Waals surface area contributed by atoms with Gasteiger partial charge < -0.3 is 14.6 Å². The Morgan fingerprint density at radius 3 is 2.54 bits per heavy atom. The van der Waals surface area contributed by atoms with Gasteiger partial charge in [-0.25, -0.2) is 4.79 Å². The lowest BCUT2D eigenvalue weighted by Crippen LogP contribution is -2.14. The number of ether oxygens (including phenoxy) is 2. The molecule has 3 rings (SSSR count). The summed E-state index contributed by atoms with van der Waals surface area (Å²) in [5, 5.41) is 20.2. The molecule has 0 fully saturated rings. The van der Waals surface area contributed by atoms with Crippen LogP contribution in [0.5, 0.6) is 11.5 Å². The zero-order chi connectivity index (χ0) is 18.4. The Morgan fingerprint density at radius 2 is 1.77 bits per heavy atom. The van der Waals surface area contributed by atoms with E-state index in [-0.39, 0.29) is 12.4 Å². The average molecular weight is 350 g/mol. The number of esters is 1. The third-order valence-corrected chi connectivity index (χ3v) is 3.64.